The first-order chi connectivity index (χ1) is 12.0. The van der Waals surface area contributed by atoms with Crippen LogP contribution in [0.1, 0.15) is 5.69 Å². The van der Waals surface area contributed by atoms with Crippen molar-refractivity contribution >= 4 is 11.5 Å². The Morgan fingerprint density at radius 3 is 2.60 bits per heavy atom. The number of hydrogen-bond donors (Lipinski definition) is 1. The zero-order valence-corrected chi connectivity index (χ0v) is 13.0. The number of nitrogens with one attached hydrogen (secondary N) is 1. The fraction of sp³-hybridized carbons (Fsp3) is 0.333. The highest BCUT2D eigenvalue weighted by atomic mass is 19.4. The summed E-state index contributed by atoms with van der Waals surface area (Å²) in [5, 5.41) is 3.26. The van der Waals surface area contributed by atoms with Gasteiger partial charge in [-0.25, -0.2) is 19.9 Å². The monoisotopic (exact) mass is 349 g/mol. The molecule has 0 aromatic carbocycles. The molecule has 0 spiro atoms. The van der Waals surface area contributed by atoms with E-state index in [9.17, 15) is 13.2 Å². The van der Waals surface area contributed by atoms with E-state index in [0.29, 0.717) is 17.2 Å². The molecule has 0 radical (unpaired) electrons. The zero-order valence-electron chi connectivity index (χ0n) is 13.0. The average Bonchev–Trinajstić information content (AvgIpc) is 3.05. The maximum absolute atomic E-state index is 12.9. The molecule has 0 bridgehead atoms. The molecule has 3 aromatic heterocycles. The highest BCUT2D eigenvalue weighted by Gasteiger charge is 2.33. The summed E-state index contributed by atoms with van der Waals surface area (Å²) < 4.78 is 40.1. The van der Waals surface area contributed by atoms with E-state index in [1.165, 1.54) is 10.6 Å². The van der Waals surface area contributed by atoms with Crippen LogP contribution in [-0.4, -0.2) is 50.5 Å². The summed E-state index contributed by atoms with van der Waals surface area (Å²) in [6, 6.07) is 1.79. The smallest absolute Gasteiger partial charge is 0.354 e. The molecule has 4 rings (SSSR count). The number of aromatic nitrogens is 5. The maximum Gasteiger partial charge on any atom is 0.434 e. The van der Waals surface area contributed by atoms with Crippen molar-refractivity contribution in [1.29, 1.82) is 0 Å². The van der Waals surface area contributed by atoms with Crippen LogP contribution in [0.25, 0.3) is 17.2 Å². The quantitative estimate of drug-likeness (QED) is 0.758. The van der Waals surface area contributed by atoms with Crippen molar-refractivity contribution in [1.82, 2.24) is 29.7 Å². The summed E-state index contributed by atoms with van der Waals surface area (Å²) in [5.41, 5.74) is -0.295. The first-order valence-corrected chi connectivity index (χ1v) is 7.72. The van der Waals surface area contributed by atoms with Gasteiger partial charge in [-0.05, 0) is 6.07 Å². The molecule has 1 aliphatic heterocycles. The van der Waals surface area contributed by atoms with Crippen LogP contribution < -0.4 is 10.2 Å². The van der Waals surface area contributed by atoms with Gasteiger partial charge >= 0.3 is 6.18 Å². The molecular weight excluding hydrogens is 335 g/mol. The van der Waals surface area contributed by atoms with Gasteiger partial charge in [-0.15, -0.1) is 0 Å². The third kappa shape index (κ3) is 3.00. The number of alkyl halides is 3. The minimum absolute atomic E-state index is 0.305. The van der Waals surface area contributed by atoms with Crippen molar-refractivity contribution in [3.63, 3.8) is 0 Å². The van der Waals surface area contributed by atoms with Gasteiger partial charge in [-0.1, -0.05) is 0 Å². The van der Waals surface area contributed by atoms with Gasteiger partial charge in [0.2, 0.25) is 0 Å². The second-order valence-corrected chi connectivity index (χ2v) is 5.62. The highest BCUT2D eigenvalue weighted by molar-refractivity contribution is 5.58. The molecule has 0 saturated carbocycles. The van der Waals surface area contributed by atoms with E-state index in [4.69, 9.17) is 0 Å². The minimum atomic E-state index is -4.53. The lowest BCUT2D eigenvalue weighted by Crippen LogP contribution is -2.43. The van der Waals surface area contributed by atoms with Gasteiger partial charge in [0, 0.05) is 38.6 Å². The van der Waals surface area contributed by atoms with E-state index < -0.39 is 11.9 Å². The Morgan fingerprint density at radius 1 is 1.04 bits per heavy atom. The number of piperazine rings is 1. The summed E-state index contributed by atoms with van der Waals surface area (Å²) in [6.07, 6.45) is 0.531. The normalized spacial score (nSPS) is 15.7. The number of nitrogens with zero attached hydrogens (tertiary/aromatic N) is 6. The van der Waals surface area contributed by atoms with Gasteiger partial charge in [-0.3, -0.25) is 4.40 Å². The van der Waals surface area contributed by atoms with E-state index in [2.05, 4.69) is 30.2 Å². The van der Waals surface area contributed by atoms with Crippen LogP contribution in [0.3, 0.4) is 0 Å². The summed E-state index contributed by atoms with van der Waals surface area (Å²) >= 11 is 0. The molecule has 130 valence electrons. The molecule has 0 aliphatic carbocycles. The molecule has 0 unspecified atom stereocenters. The third-order valence-corrected chi connectivity index (χ3v) is 4.00. The average molecular weight is 349 g/mol. The van der Waals surface area contributed by atoms with Gasteiger partial charge in [0.25, 0.3) is 0 Å². The predicted octanol–water partition coefficient (Wildman–Crippen LogP) is 1.61. The molecule has 3 aromatic rings. The molecule has 1 saturated heterocycles. The van der Waals surface area contributed by atoms with Crippen molar-refractivity contribution in [2.75, 3.05) is 31.1 Å². The van der Waals surface area contributed by atoms with E-state index in [0.717, 1.165) is 44.4 Å². The number of rotatable bonds is 2. The summed E-state index contributed by atoms with van der Waals surface area (Å²) in [7, 11) is 0. The Morgan fingerprint density at radius 2 is 1.84 bits per heavy atom. The van der Waals surface area contributed by atoms with Crippen LogP contribution in [0.4, 0.5) is 19.0 Å². The van der Waals surface area contributed by atoms with Crippen molar-refractivity contribution in [3.05, 3.63) is 36.5 Å². The topological polar surface area (TPSA) is 71.2 Å². The summed E-state index contributed by atoms with van der Waals surface area (Å²) in [5.74, 6) is 1.06. The van der Waals surface area contributed by atoms with Crippen LogP contribution in [0.2, 0.25) is 0 Å². The molecule has 1 fully saturated rings. The summed E-state index contributed by atoms with van der Waals surface area (Å²) in [4.78, 5) is 18.3. The number of halogens is 3. The number of anilines is 1. The van der Waals surface area contributed by atoms with Gasteiger partial charge in [0.1, 0.15) is 11.5 Å². The van der Waals surface area contributed by atoms with Gasteiger partial charge in [-0.2, -0.15) is 13.2 Å². The molecule has 25 heavy (non-hydrogen) atoms. The zero-order chi connectivity index (χ0) is 17.4. The molecule has 0 atom stereocenters. The largest absolute Gasteiger partial charge is 0.434 e. The van der Waals surface area contributed by atoms with E-state index >= 15 is 0 Å². The van der Waals surface area contributed by atoms with Crippen molar-refractivity contribution in [2.24, 2.45) is 0 Å². The van der Waals surface area contributed by atoms with Crippen molar-refractivity contribution in [2.45, 2.75) is 6.18 Å². The molecular formula is C15H14F3N7. The van der Waals surface area contributed by atoms with Gasteiger partial charge < -0.3 is 10.2 Å². The molecule has 1 N–H and O–H groups in total. The van der Waals surface area contributed by atoms with Crippen LogP contribution in [0.15, 0.2) is 30.9 Å². The fourth-order valence-electron chi connectivity index (χ4n) is 2.74. The Kier molecular flexibility index (Phi) is 3.75. The SMILES string of the molecule is FC(F)(F)c1cn2c(-c3nccc(N4CCNCC4)n3)cnc2cn1. The second-order valence-electron chi connectivity index (χ2n) is 5.62. The minimum Gasteiger partial charge on any atom is -0.354 e. The maximum atomic E-state index is 12.9. The fourth-order valence-corrected chi connectivity index (χ4v) is 2.74. The third-order valence-electron chi connectivity index (χ3n) is 4.00. The molecule has 4 heterocycles. The molecule has 10 heteroatoms. The highest BCUT2D eigenvalue weighted by Crippen LogP contribution is 2.28. The first kappa shape index (κ1) is 15.8. The molecule has 1 aliphatic rings. The molecule has 0 amide bonds. The first-order valence-electron chi connectivity index (χ1n) is 7.72. The second kappa shape index (κ2) is 5.96. The van der Waals surface area contributed by atoms with Gasteiger partial charge in [0.05, 0.1) is 12.4 Å². The van der Waals surface area contributed by atoms with Crippen molar-refractivity contribution < 1.29 is 13.2 Å². The lowest BCUT2D eigenvalue weighted by Gasteiger charge is -2.28. The van der Waals surface area contributed by atoms with E-state index in [-0.39, 0.29) is 0 Å². The van der Waals surface area contributed by atoms with Crippen LogP contribution in [0, 0.1) is 0 Å². The Balaban J connectivity index is 1.76. The van der Waals surface area contributed by atoms with Crippen LogP contribution in [0.5, 0.6) is 0 Å². The number of imidazole rings is 1. The predicted molar refractivity (Wildman–Crippen MR) is 84.1 cm³/mol. The van der Waals surface area contributed by atoms with Crippen LogP contribution in [-0.2, 0) is 6.18 Å². The lowest BCUT2D eigenvalue weighted by molar-refractivity contribution is -0.141. The van der Waals surface area contributed by atoms with Gasteiger partial charge in [0.15, 0.2) is 17.2 Å². The standard InChI is InChI=1S/C15H14F3N7/c16-15(17,18)11-9-25-10(7-22-13(25)8-21-11)14-20-2-1-12(23-14)24-5-3-19-4-6-24/h1-2,7-9,19H,3-6H2. The van der Waals surface area contributed by atoms with Crippen LogP contribution >= 0.6 is 0 Å². The summed E-state index contributed by atoms with van der Waals surface area (Å²) in [6.45, 7) is 3.34. The van der Waals surface area contributed by atoms with Crippen molar-refractivity contribution in [3.8, 4) is 11.5 Å². The van der Waals surface area contributed by atoms with E-state index in [1.807, 2.05) is 0 Å². The Labute approximate surface area is 140 Å². The molecule has 7 nitrogen and oxygen atoms in total. The number of fused-ring (bicyclic) bond motifs is 1. The Bertz CT molecular complexity index is 900. The van der Waals surface area contributed by atoms with E-state index in [1.54, 1.807) is 12.3 Å². The lowest BCUT2D eigenvalue weighted by atomic mass is 10.3. The number of hydrogen-bond acceptors (Lipinski definition) is 6. The Hall–Kier alpha value is -2.75.